The lowest BCUT2D eigenvalue weighted by atomic mass is 10.2. The van der Waals surface area contributed by atoms with Crippen molar-refractivity contribution in [1.29, 1.82) is 0 Å². The largest absolute Gasteiger partial charge is 0.483 e. The van der Waals surface area contributed by atoms with Crippen LogP contribution in [0.2, 0.25) is 0 Å². The molecule has 116 valence electrons. The van der Waals surface area contributed by atoms with Crippen molar-refractivity contribution in [3.05, 3.63) is 49.0 Å². The summed E-state index contributed by atoms with van der Waals surface area (Å²) in [6.07, 6.45) is 2.55. The molecule has 1 amide bonds. The zero-order valence-corrected chi connectivity index (χ0v) is 15.8. The fourth-order valence-electron chi connectivity index (χ4n) is 1.62. The molecule has 22 heavy (non-hydrogen) atoms. The monoisotopic (exact) mass is 444 g/mol. The van der Waals surface area contributed by atoms with Crippen LogP contribution in [0, 0.1) is 0 Å². The Bertz CT molecular complexity index is 686. The molecule has 0 saturated heterocycles. The molecule has 0 spiro atoms. The van der Waals surface area contributed by atoms with Crippen LogP contribution in [0.15, 0.2) is 43.7 Å². The molecule has 7 heteroatoms. The van der Waals surface area contributed by atoms with Crippen LogP contribution < -0.4 is 10.2 Å². The molecule has 2 aromatic rings. The number of aryl methyl sites for hydroxylation is 1. The Balaban J connectivity index is 1.81. The number of hydrogen-bond donors (Lipinski definition) is 1. The summed E-state index contributed by atoms with van der Waals surface area (Å²) in [6, 6.07) is 9.65. The number of rotatable bonds is 6. The summed E-state index contributed by atoms with van der Waals surface area (Å²) in [7, 11) is 0. The highest BCUT2D eigenvalue weighted by Gasteiger charge is 2.05. The van der Waals surface area contributed by atoms with Gasteiger partial charge in [0.15, 0.2) is 6.61 Å². The minimum Gasteiger partial charge on any atom is -0.483 e. The summed E-state index contributed by atoms with van der Waals surface area (Å²) in [5.74, 6) is 0.330. The fraction of sp³-hybridized carbons (Fsp3) is 0.200. The van der Waals surface area contributed by atoms with Gasteiger partial charge in [0.25, 0.3) is 5.91 Å². The minimum atomic E-state index is -0.307. The standard InChI is InChI=1S/C15H14Br2N2O2S/c1-2-10-3-5-13(12(16)7-10)21-9-15(20)19-18-8-11-4-6-14(17)22-11/h3-8H,2,9H2,1H3,(H,19,20)/b18-8+. The first-order valence-corrected chi connectivity index (χ1v) is 8.97. The fourth-order valence-corrected chi connectivity index (χ4v) is 3.46. The number of ether oxygens (including phenoxy) is 1. The molecule has 1 aromatic heterocycles. The van der Waals surface area contributed by atoms with Crippen LogP contribution >= 0.6 is 43.2 Å². The maximum absolute atomic E-state index is 11.7. The Morgan fingerprint density at radius 1 is 1.36 bits per heavy atom. The van der Waals surface area contributed by atoms with Crippen molar-refractivity contribution < 1.29 is 9.53 Å². The lowest BCUT2D eigenvalue weighted by Crippen LogP contribution is -2.24. The molecular weight excluding hydrogens is 432 g/mol. The average molecular weight is 446 g/mol. The second-order valence-electron chi connectivity index (χ2n) is 4.34. The van der Waals surface area contributed by atoms with Crippen LogP contribution in [0.4, 0.5) is 0 Å². The lowest BCUT2D eigenvalue weighted by molar-refractivity contribution is -0.123. The first kappa shape index (κ1) is 17.2. The number of carbonyl (C=O) groups excluding carboxylic acids is 1. The second kappa shape index (κ2) is 8.45. The summed E-state index contributed by atoms with van der Waals surface area (Å²) < 4.78 is 7.32. The van der Waals surface area contributed by atoms with Gasteiger partial charge < -0.3 is 4.74 Å². The van der Waals surface area contributed by atoms with E-state index in [9.17, 15) is 4.79 Å². The summed E-state index contributed by atoms with van der Waals surface area (Å²) in [5.41, 5.74) is 3.64. The van der Waals surface area contributed by atoms with Gasteiger partial charge in [0.1, 0.15) is 5.75 Å². The zero-order chi connectivity index (χ0) is 15.9. The first-order valence-electron chi connectivity index (χ1n) is 6.57. The van der Waals surface area contributed by atoms with Crippen LogP contribution in [-0.4, -0.2) is 18.7 Å². The van der Waals surface area contributed by atoms with E-state index in [-0.39, 0.29) is 12.5 Å². The van der Waals surface area contributed by atoms with Gasteiger partial charge in [0.05, 0.1) is 14.5 Å². The smallest absolute Gasteiger partial charge is 0.277 e. The van der Waals surface area contributed by atoms with Crippen molar-refractivity contribution in [2.75, 3.05) is 6.61 Å². The van der Waals surface area contributed by atoms with E-state index in [1.807, 2.05) is 30.3 Å². The lowest BCUT2D eigenvalue weighted by Gasteiger charge is -2.08. The Hall–Kier alpha value is -1.18. The Kier molecular flexibility index (Phi) is 6.60. The molecule has 4 nitrogen and oxygen atoms in total. The van der Waals surface area contributed by atoms with E-state index in [1.54, 1.807) is 6.21 Å². The van der Waals surface area contributed by atoms with E-state index in [0.29, 0.717) is 5.75 Å². The SMILES string of the molecule is CCc1ccc(OCC(=O)N/N=C/c2ccc(Br)s2)c(Br)c1. The number of amides is 1. The van der Waals surface area contributed by atoms with Crippen molar-refractivity contribution in [3.63, 3.8) is 0 Å². The Morgan fingerprint density at radius 3 is 2.82 bits per heavy atom. The van der Waals surface area contributed by atoms with Gasteiger partial charge in [-0.25, -0.2) is 5.43 Å². The van der Waals surface area contributed by atoms with Gasteiger partial charge in [-0.05, 0) is 68.1 Å². The van der Waals surface area contributed by atoms with Gasteiger partial charge in [-0.1, -0.05) is 13.0 Å². The van der Waals surface area contributed by atoms with E-state index in [2.05, 4.69) is 49.3 Å². The number of hydrogen-bond acceptors (Lipinski definition) is 4. The number of nitrogens with one attached hydrogen (secondary N) is 1. The van der Waals surface area contributed by atoms with E-state index < -0.39 is 0 Å². The van der Waals surface area contributed by atoms with Crippen LogP contribution in [0.5, 0.6) is 5.75 Å². The first-order chi connectivity index (χ1) is 10.6. The Morgan fingerprint density at radius 2 is 2.18 bits per heavy atom. The van der Waals surface area contributed by atoms with Crippen molar-refractivity contribution in [2.45, 2.75) is 13.3 Å². The molecule has 2 rings (SSSR count). The molecule has 0 aliphatic heterocycles. The summed E-state index contributed by atoms with van der Waals surface area (Å²) in [4.78, 5) is 12.6. The number of carbonyl (C=O) groups is 1. The Labute approximate surface area is 149 Å². The number of hydrazone groups is 1. The van der Waals surface area contributed by atoms with Gasteiger partial charge in [-0.2, -0.15) is 5.10 Å². The van der Waals surface area contributed by atoms with Gasteiger partial charge in [-0.15, -0.1) is 11.3 Å². The third-order valence-electron chi connectivity index (χ3n) is 2.74. The number of nitrogens with zero attached hydrogens (tertiary/aromatic N) is 1. The second-order valence-corrected chi connectivity index (χ2v) is 7.69. The normalized spacial score (nSPS) is 10.9. The molecule has 0 radical (unpaired) electrons. The molecule has 0 saturated carbocycles. The molecule has 0 fully saturated rings. The molecule has 1 N–H and O–H groups in total. The van der Waals surface area contributed by atoms with Crippen LogP contribution in [0.25, 0.3) is 0 Å². The quantitative estimate of drug-likeness (QED) is 0.530. The van der Waals surface area contributed by atoms with E-state index in [0.717, 1.165) is 19.6 Å². The summed E-state index contributed by atoms with van der Waals surface area (Å²) >= 11 is 8.33. The highest BCUT2D eigenvalue weighted by Crippen LogP contribution is 2.26. The highest BCUT2D eigenvalue weighted by molar-refractivity contribution is 9.11. The maximum atomic E-state index is 11.7. The highest BCUT2D eigenvalue weighted by atomic mass is 79.9. The van der Waals surface area contributed by atoms with Gasteiger partial charge in [0, 0.05) is 4.88 Å². The summed E-state index contributed by atoms with van der Waals surface area (Å²) in [6.45, 7) is 2.00. The number of benzene rings is 1. The van der Waals surface area contributed by atoms with Gasteiger partial charge >= 0.3 is 0 Å². The molecule has 0 unspecified atom stereocenters. The van der Waals surface area contributed by atoms with Gasteiger partial charge in [0.2, 0.25) is 0 Å². The number of thiophene rings is 1. The molecular formula is C15H14Br2N2O2S. The molecule has 0 atom stereocenters. The van der Waals surface area contributed by atoms with E-state index in [4.69, 9.17) is 4.74 Å². The predicted molar refractivity (Wildman–Crippen MR) is 96.8 cm³/mol. The summed E-state index contributed by atoms with van der Waals surface area (Å²) in [5, 5.41) is 3.89. The van der Waals surface area contributed by atoms with Crippen molar-refractivity contribution in [1.82, 2.24) is 5.43 Å². The molecule has 1 aromatic carbocycles. The zero-order valence-electron chi connectivity index (χ0n) is 11.8. The predicted octanol–water partition coefficient (Wildman–Crippen LogP) is 4.36. The average Bonchev–Trinajstić information content (AvgIpc) is 2.91. The van der Waals surface area contributed by atoms with E-state index in [1.165, 1.54) is 16.9 Å². The maximum Gasteiger partial charge on any atom is 0.277 e. The number of halogens is 2. The molecule has 0 aliphatic carbocycles. The topological polar surface area (TPSA) is 50.7 Å². The molecule has 1 heterocycles. The third-order valence-corrected chi connectivity index (χ3v) is 4.92. The van der Waals surface area contributed by atoms with Crippen LogP contribution in [0.1, 0.15) is 17.4 Å². The van der Waals surface area contributed by atoms with E-state index >= 15 is 0 Å². The molecule has 0 aliphatic rings. The van der Waals surface area contributed by atoms with Crippen molar-refractivity contribution >= 4 is 55.3 Å². The third kappa shape index (κ3) is 5.23. The van der Waals surface area contributed by atoms with Crippen LogP contribution in [0.3, 0.4) is 0 Å². The minimum absolute atomic E-state index is 0.0878. The van der Waals surface area contributed by atoms with Crippen LogP contribution in [-0.2, 0) is 11.2 Å². The van der Waals surface area contributed by atoms with Crippen molar-refractivity contribution in [3.8, 4) is 5.75 Å². The molecule has 0 bridgehead atoms. The van der Waals surface area contributed by atoms with Crippen molar-refractivity contribution in [2.24, 2.45) is 5.10 Å². The van der Waals surface area contributed by atoms with Gasteiger partial charge in [-0.3, -0.25) is 4.79 Å².